The van der Waals surface area contributed by atoms with Crippen LogP contribution in [0.4, 0.5) is 0 Å². The first-order valence-corrected chi connectivity index (χ1v) is 3.61. The molecule has 0 aliphatic carbocycles. The van der Waals surface area contributed by atoms with Crippen LogP contribution in [0.2, 0.25) is 0 Å². The summed E-state index contributed by atoms with van der Waals surface area (Å²) in [5.74, 6) is 0.160. The van der Waals surface area contributed by atoms with Crippen LogP contribution in [0, 0.1) is 0 Å². The fourth-order valence-electron chi connectivity index (χ4n) is 1.21. The molecule has 0 bridgehead atoms. The second kappa shape index (κ2) is 3.56. The monoisotopic (exact) mass is 143 g/mol. The van der Waals surface area contributed by atoms with Crippen molar-refractivity contribution >= 4 is 5.91 Å². The molecule has 0 unspecified atom stereocenters. The molecule has 0 radical (unpaired) electrons. The molecule has 1 amide bonds. The molecule has 0 aromatic heterocycles. The highest BCUT2D eigenvalue weighted by molar-refractivity contribution is 5.76. The third-order valence-electron chi connectivity index (χ3n) is 1.69. The average Bonchev–Trinajstić information content (AvgIpc) is 1.88. The smallest absolute Gasteiger partial charge is 0.220 e. The lowest BCUT2D eigenvalue weighted by atomic mass is 10.1. The van der Waals surface area contributed by atoms with Gasteiger partial charge in [-0.05, 0) is 12.8 Å². The Balaban J connectivity index is 2.25. The summed E-state index contributed by atoms with van der Waals surface area (Å²) in [6.07, 6.45) is 2.74. The van der Waals surface area contributed by atoms with Gasteiger partial charge in [-0.1, -0.05) is 0 Å². The minimum absolute atomic E-state index is 0.160. The fourth-order valence-corrected chi connectivity index (χ4v) is 1.21. The van der Waals surface area contributed by atoms with E-state index < -0.39 is 0 Å². The maximum atomic E-state index is 10.8. The summed E-state index contributed by atoms with van der Waals surface area (Å²) in [5.41, 5.74) is 0. The van der Waals surface area contributed by atoms with Crippen molar-refractivity contribution in [1.29, 1.82) is 0 Å². The fraction of sp³-hybridized carbons (Fsp3) is 0.857. The Hall–Kier alpha value is -0.570. The SMILES string of the molecule is COC[C@H]1CCCC(=O)N1. The number of piperidine rings is 1. The number of amides is 1. The Morgan fingerprint density at radius 1 is 1.80 bits per heavy atom. The Labute approximate surface area is 60.7 Å². The topological polar surface area (TPSA) is 38.3 Å². The van der Waals surface area contributed by atoms with Gasteiger partial charge in [0, 0.05) is 13.5 Å². The van der Waals surface area contributed by atoms with Gasteiger partial charge in [0.15, 0.2) is 0 Å². The molecule has 1 aliphatic heterocycles. The van der Waals surface area contributed by atoms with Crippen molar-refractivity contribution in [2.24, 2.45) is 0 Å². The molecule has 1 fully saturated rings. The minimum atomic E-state index is 0.160. The highest BCUT2D eigenvalue weighted by atomic mass is 16.5. The van der Waals surface area contributed by atoms with E-state index in [-0.39, 0.29) is 11.9 Å². The molecule has 1 saturated heterocycles. The first-order chi connectivity index (χ1) is 4.83. The Kier molecular flexibility index (Phi) is 2.68. The Morgan fingerprint density at radius 3 is 3.20 bits per heavy atom. The maximum absolute atomic E-state index is 10.8. The van der Waals surface area contributed by atoms with E-state index in [4.69, 9.17) is 4.74 Å². The van der Waals surface area contributed by atoms with Crippen molar-refractivity contribution in [3.05, 3.63) is 0 Å². The van der Waals surface area contributed by atoms with Gasteiger partial charge in [-0.3, -0.25) is 4.79 Å². The van der Waals surface area contributed by atoms with Crippen molar-refractivity contribution in [2.75, 3.05) is 13.7 Å². The van der Waals surface area contributed by atoms with Gasteiger partial charge in [-0.15, -0.1) is 0 Å². The zero-order valence-corrected chi connectivity index (χ0v) is 6.22. The van der Waals surface area contributed by atoms with Gasteiger partial charge in [-0.2, -0.15) is 0 Å². The molecule has 3 heteroatoms. The van der Waals surface area contributed by atoms with E-state index in [1.807, 2.05) is 0 Å². The van der Waals surface area contributed by atoms with Crippen LogP contribution >= 0.6 is 0 Å². The third-order valence-corrected chi connectivity index (χ3v) is 1.69. The van der Waals surface area contributed by atoms with Crippen LogP contribution in [-0.2, 0) is 9.53 Å². The maximum Gasteiger partial charge on any atom is 0.220 e. The quantitative estimate of drug-likeness (QED) is 0.603. The summed E-state index contributed by atoms with van der Waals surface area (Å²) < 4.78 is 4.91. The molecule has 1 atom stereocenters. The molecule has 3 nitrogen and oxygen atoms in total. The van der Waals surface area contributed by atoms with Gasteiger partial charge in [0.2, 0.25) is 5.91 Å². The lowest BCUT2D eigenvalue weighted by Gasteiger charge is -2.21. The summed E-state index contributed by atoms with van der Waals surface area (Å²) in [4.78, 5) is 10.8. The first kappa shape index (κ1) is 7.54. The van der Waals surface area contributed by atoms with Crippen molar-refractivity contribution in [1.82, 2.24) is 5.32 Å². The molecule has 10 heavy (non-hydrogen) atoms. The number of nitrogens with one attached hydrogen (secondary N) is 1. The van der Waals surface area contributed by atoms with E-state index in [1.54, 1.807) is 7.11 Å². The molecular formula is C7H13NO2. The second-order valence-electron chi connectivity index (χ2n) is 2.61. The molecule has 0 aromatic carbocycles. The summed E-state index contributed by atoms with van der Waals surface area (Å²) in [5, 5.41) is 2.85. The molecule has 0 saturated carbocycles. The predicted octanol–water partition coefficient (Wildman–Crippen LogP) is 0.302. The van der Waals surface area contributed by atoms with Gasteiger partial charge < -0.3 is 10.1 Å². The number of carbonyl (C=O) groups excluding carboxylic acids is 1. The van der Waals surface area contributed by atoms with Gasteiger partial charge in [-0.25, -0.2) is 0 Å². The molecule has 1 heterocycles. The summed E-state index contributed by atoms with van der Waals surface area (Å²) >= 11 is 0. The lowest BCUT2D eigenvalue weighted by Crippen LogP contribution is -2.41. The molecule has 0 spiro atoms. The molecule has 1 aliphatic rings. The van der Waals surface area contributed by atoms with Crippen LogP contribution in [-0.4, -0.2) is 25.7 Å². The molecule has 58 valence electrons. The van der Waals surface area contributed by atoms with E-state index >= 15 is 0 Å². The van der Waals surface area contributed by atoms with Gasteiger partial charge in [0.1, 0.15) is 0 Å². The highest BCUT2D eigenvalue weighted by Gasteiger charge is 2.16. The number of ether oxygens (including phenoxy) is 1. The summed E-state index contributed by atoms with van der Waals surface area (Å²) in [6.45, 7) is 0.645. The number of carbonyl (C=O) groups is 1. The van der Waals surface area contributed by atoms with Gasteiger partial charge in [0.05, 0.1) is 12.6 Å². The largest absolute Gasteiger partial charge is 0.383 e. The highest BCUT2D eigenvalue weighted by Crippen LogP contribution is 2.07. The zero-order chi connectivity index (χ0) is 7.40. The van der Waals surface area contributed by atoms with Crippen LogP contribution in [0.15, 0.2) is 0 Å². The normalized spacial score (nSPS) is 26.1. The van der Waals surface area contributed by atoms with Crippen LogP contribution in [0.1, 0.15) is 19.3 Å². The van der Waals surface area contributed by atoms with Crippen molar-refractivity contribution in [2.45, 2.75) is 25.3 Å². The number of rotatable bonds is 2. The van der Waals surface area contributed by atoms with Crippen LogP contribution in [0.25, 0.3) is 0 Å². The van der Waals surface area contributed by atoms with Crippen molar-refractivity contribution in [3.63, 3.8) is 0 Å². The Bertz CT molecular complexity index is 123. The minimum Gasteiger partial charge on any atom is -0.383 e. The van der Waals surface area contributed by atoms with Gasteiger partial charge >= 0.3 is 0 Å². The van der Waals surface area contributed by atoms with E-state index in [9.17, 15) is 4.79 Å². The van der Waals surface area contributed by atoms with Crippen LogP contribution in [0.3, 0.4) is 0 Å². The first-order valence-electron chi connectivity index (χ1n) is 3.61. The second-order valence-corrected chi connectivity index (χ2v) is 2.61. The van der Waals surface area contributed by atoms with Crippen LogP contribution < -0.4 is 5.32 Å². The Morgan fingerprint density at radius 2 is 2.60 bits per heavy atom. The number of methoxy groups -OCH3 is 1. The van der Waals surface area contributed by atoms with E-state index in [2.05, 4.69) is 5.32 Å². The standard InChI is InChI=1S/C7H13NO2/c1-10-5-6-3-2-4-7(9)8-6/h6H,2-5H2,1H3,(H,8,9)/t6-/m1/s1. The van der Waals surface area contributed by atoms with E-state index in [0.29, 0.717) is 13.0 Å². The molecular weight excluding hydrogens is 130 g/mol. The molecule has 1 N–H and O–H groups in total. The molecule has 1 rings (SSSR count). The predicted molar refractivity (Wildman–Crippen MR) is 37.7 cm³/mol. The average molecular weight is 143 g/mol. The lowest BCUT2D eigenvalue weighted by molar-refractivity contribution is -0.123. The van der Waals surface area contributed by atoms with Crippen molar-refractivity contribution in [3.8, 4) is 0 Å². The number of hydrogen-bond donors (Lipinski definition) is 1. The number of hydrogen-bond acceptors (Lipinski definition) is 2. The summed E-state index contributed by atoms with van der Waals surface area (Å²) in [6, 6.07) is 0.256. The van der Waals surface area contributed by atoms with Crippen LogP contribution in [0.5, 0.6) is 0 Å². The van der Waals surface area contributed by atoms with E-state index in [1.165, 1.54) is 0 Å². The van der Waals surface area contributed by atoms with E-state index in [0.717, 1.165) is 12.8 Å². The zero-order valence-electron chi connectivity index (χ0n) is 6.22. The third kappa shape index (κ3) is 1.99. The van der Waals surface area contributed by atoms with Gasteiger partial charge in [0.25, 0.3) is 0 Å². The molecule has 0 aromatic rings. The summed E-state index contributed by atoms with van der Waals surface area (Å²) in [7, 11) is 1.65. The van der Waals surface area contributed by atoms with Crippen molar-refractivity contribution < 1.29 is 9.53 Å².